The summed E-state index contributed by atoms with van der Waals surface area (Å²) in [6, 6.07) is 18.6. The summed E-state index contributed by atoms with van der Waals surface area (Å²) in [4.78, 5) is 31.4. The number of hydrogen-bond donors (Lipinski definition) is 1. The van der Waals surface area contributed by atoms with Crippen LogP contribution < -0.4 is 5.32 Å². The molecule has 1 saturated heterocycles. The second kappa shape index (κ2) is 8.08. The van der Waals surface area contributed by atoms with Crippen molar-refractivity contribution < 1.29 is 14.0 Å². The van der Waals surface area contributed by atoms with Crippen molar-refractivity contribution in [2.24, 2.45) is 5.92 Å². The molecule has 0 saturated carbocycles. The Hall–Kier alpha value is -3.41. The van der Waals surface area contributed by atoms with E-state index in [0.29, 0.717) is 18.8 Å². The molecular formula is C22H21N3O3. The van der Waals surface area contributed by atoms with Crippen LogP contribution in [0.1, 0.15) is 29.5 Å². The first-order valence-electron chi connectivity index (χ1n) is 9.27. The summed E-state index contributed by atoms with van der Waals surface area (Å²) in [7, 11) is 0. The summed E-state index contributed by atoms with van der Waals surface area (Å²) in [6.07, 6.45) is 3.50. The number of rotatable bonds is 6. The molecule has 1 aromatic carbocycles. The molecule has 2 amide bonds. The van der Waals surface area contributed by atoms with Gasteiger partial charge in [0.05, 0.1) is 30.5 Å². The first kappa shape index (κ1) is 18.0. The minimum atomic E-state index is -0.391. The van der Waals surface area contributed by atoms with Gasteiger partial charge in [-0.15, -0.1) is 0 Å². The monoisotopic (exact) mass is 375 g/mol. The molecule has 28 heavy (non-hydrogen) atoms. The third-order valence-corrected chi connectivity index (χ3v) is 4.92. The van der Waals surface area contributed by atoms with E-state index < -0.39 is 5.92 Å². The van der Waals surface area contributed by atoms with E-state index in [1.165, 1.54) is 0 Å². The van der Waals surface area contributed by atoms with Crippen LogP contribution in [0, 0.1) is 5.92 Å². The number of furan rings is 1. The Kier molecular flexibility index (Phi) is 5.19. The highest BCUT2D eigenvalue weighted by molar-refractivity contribution is 5.89. The molecule has 142 valence electrons. The van der Waals surface area contributed by atoms with Gasteiger partial charge in [0.25, 0.3) is 0 Å². The minimum Gasteiger partial charge on any atom is -0.467 e. The van der Waals surface area contributed by atoms with Gasteiger partial charge in [-0.1, -0.05) is 36.4 Å². The molecule has 4 rings (SSSR count). The highest BCUT2D eigenvalue weighted by Gasteiger charge is 2.35. The maximum absolute atomic E-state index is 13.0. The normalized spacial score (nSPS) is 17.5. The van der Waals surface area contributed by atoms with Crippen molar-refractivity contribution in [3.8, 4) is 0 Å². The molecule has 6 nitrogen and oxygen atoms in total. The summed E-state index contributed by atoms with van der Waals surface area (Å²) >= 11 is 0. The Morgan fingerprint density at radius 1 is 1.14 bits per heavy atom. The molecular weight excluding hydrogens is 354 g/mol. The molecule has 3 aromatic rings. The van der Waals surface area contributed by atoms with Crippen molar-refractivity contribution in [3.05, 3.63) is 90.1 Å². The summed E-state index contributed by atoms with van der Waals surface area (Å²) in [5.74, 6) is 0.142. The molecule has 6 heteroatoms. The predicted molar refractivity (Wildman–Crippen MR) is 103 cm³/mol. The molecule has 3 heterocycles. The summed E-state index contributed by atoms with van der Waals surface area (Å²) < 4.78 is 5.32. The number of amides is 2. The maximum Gasteiger partial charge on any atom is 0.226 e. The second-order valence-corrected chi connectivity index (χ2v) is 6.86. The molecule has 2 atom stereocenters. The number of aromatic nitrogens is 1. The summed E-state index contributed by atoms with van der Waals surface area (Å²) in [6.45, 7) is 0.771. The van der Waals surface area contributed by atoms with Gasteiger partial charge < -0.3 is 14.6 Å². The van der Waals surface area contributed by atoms with E-state index >= 15 is 0 Å². The average molecular weight is 375 g/mol. The Labute approximate surface area is 163 Å². The van der Waals surface area contributed by atoms with Crippen LogP contribution in [0.5, 0.6) is 0 Å². The number of benzene rings is 1. The summed E-state index contributed by atoms with van der Waals surface area (Å²) in [5.41, 5.74) is 1.71. The van der Waals surface area contributed by atoms with E-state index in [-0.39, 0.29) is 24.3 Å². The van der Waals surface area contributed by atoms with Gasteiger partial charge >= 0.3 is 0 Å². The van der Waals surface area contributed by atoms with Crippen LogP contribution in [0.2, 0.25) is 0 Å². The van der Waals surface area contributed by atoms with Gasteiger partial charge in [-0.2, -0.15) is 0 Å². The molecule has 2 aromatic heterocycles. The van der Waals surface area contributed by atoms with Crippen molar-refractivity contribution in [1.82, 2.24) is 15.2 Å². The lowest BCUT2D eigenvalue weighted by molar-refractivity contribution is -0.129. The molecule has 1 aliphatic heterocycles. The lowest BCUT2D eigenvalue weighted by Gasteiger charge is -2.21. The third-order valence-electron chi connectivity index (χ3n) is 4.92. The van der Waals surface area contributed by atoms with Crippen molar-refractivity contribution in [3.63, 3.8) is 0 Å². The number of hydrogen-bond acceptors (Lipinski definition) is 4. The van der Waals surface area contributed by atoms with Gasteiger partial charge in [0, 0.05) is 19.2 Å². The van der Waals surface area contributed by atoms with Crippen LogP contribution in [-0.4, -0.2) is 28.2 Å². The van der Waals surface area contributed by atoms with E-state index in [9.17, 15) is 9.59 Å². The van der Waals surface area contributed by atoms with Crippen LogP contribution in [0.25, 0.3) is 0 Å². The van der Waals surface area contributed by atoms with E-state index in [4.69, 9.17) is 4.42 Å². The molecule has 0 bridgehead atoms. The quantitative estimate of drug-likeness (QED) is 0.719. The zero-order chi connectivity index (χ0) is 19.3. The molecule has 0 aliphatic carbocycles. The topological polar surface area (TPSA) is 75.4 Å². The second-order valence-electron chi connectivity index (χ2n) is 6.86. The van der Waals surface area contributed by atoms with Gasteiger partial charge in [0.1, 0.15) is 5.76 Å². The molecule has 1 aliphatic rings. The number of likely N-dealkylation sites (tertiary alicyclic amines) is 1. The first-order valence-corrected chi connectivity index (χ1v) is 9.27. The van der Waals surface area contributed by atoms with E-state index in [1.54, 1.807) is 23.4 Å². The number of nitrogens with zero attached hydrogens (tertiary/aromatic N) is 2. The van der Waals surface area contributed by atoms with E-state index in [2.05, 4.69) is 10.3 Å². The molecule has 2 unspecified atom stereocenters. The summed E-state index contributed by atoms with van der Waals surface area (Å²) in [5, 5.41) is 3.09. The first-order chi connectivity index (χ1) is 13.7. The molecule has 0 spiro atoms. The Balaban J connectivity index is 1.48. The van der Waals surface area contributed by atoms with Crippen LogP contribution in [-0.2, 0) is 16.1 Å². The molecule has 0 radical (unpaired) electrons. The van der Waals surface area contributed by atoms with Crippen LogP contribution in [0.15, 0.2) is 77.5 Å². The molecule has 1 fully saturated rings. The Morgan fingerprint density at radius 3 is 2.68 bits per heavy atom. The van der Waals surface area contributed by atoms with Crippen molar-refractivity contribution in [2.45, 2.75) is 19.0 Å². The Morgan fingerprint density at radius 2 is 1.96 bits per heavy atom. The number of pyridine rings is 1. The fourth-order valence-electron chi connectivity index (χ4n) is 3.47. The fraction of sp³-hybridized carbons (Fsp3) is 0.227. The highest BCUT2D eigenvalue weighted by Crippen LogP contribution is 2.24. The Bertz CT molecular complexity index is 887. The average Bonchev–Trinajstić information content (AvgIpc) is 3.38. The lowest BCUT2D eigenvalue weighted by Crippen LogP contribution is -2.36. The maximum atomic E-state index is 13.0. The minimum absolute atomic E-state index is 0.0364. The highest BCUT2D eigenvalue weighted by atomic mass is 16.3. The zero-order valence-corrected chi connectivity index (χ0v) is 15.3. The largest absolute Gasteiger partial charge is 0.467 e. The van der Waals surface area contributed by atoms with Crippen LogP contribution in [0.4, 0.5) is 0 Å². The number of carbonyl (C=O) groups is 2. The SMILES string of the molecule is O=C(NC(c1ccccc1)c1ccccn1)C1CC(=O)N(Cc2ccco2)C1. The third kappa shape index (κ3) is 3.96. The fourth-order valence-corrected chi connectivity index (χ4v) is 3.47. The molecule has 1 N–H and O–H groups in total. The van der Waals surface area contributed by atoms with Crippen molar-refractivity contribution >= 4 is 11.8 Å². The van der Waals surface area contributed by atoms with Crippen molar-refractivity contribution in [2.75, 3.05) is 6.54 Å². The van der Waals surface area contributed by atoms with Gasteiger partial charge in [-0.3, -0.25) is 14.6 Å². The number of nitrogens with one attached hydrogen (secondary N) is 1. The number of carbonyl (C=O) groups excluding carboxylic acids is 2. The van der Waals surface area contributed by atoms with E-state index in [1.807, 2.05) is 54.6 Å². The van der Waals surface area contributed by atoms with Gasteiger partial charge in [0.2, 0.25) is 11.8 Å². The zero-order valence-electron chi connectivity index (χ0n) is 15.3. The van der Waals surface area contributed by atoms with E-state index in [0.717, 1.165) is 11.3 Å². The predicted octanol–water partition coefficient (Wildman–Crippen LogP) is 2.93. The van der Waals surface area contributed by atoms with Crippen molar-refractivity contribution in [1.29, 1.82) is 0 Å². The standard InChI is InChI=1S/C22H21N3O3/c26-20-13-17(14-25(20)15-18-9-6-12-28-18)22(27)24-21(16-7-2-1-3-8-16)19-10-4-5-11-23-19/h1-12,17,21H,13-15H2,(H,24,27). The van der Waals surface area contributed by atoms with Gasteiger partial charge in [0.15, 0.2) is 0 Å². The lowest BCUT2D eigenvalue weighted by atomic mass is 10.0. The van der Waals surface area contributed by atoms with Crippen LogP contribution in [0.3, 0.4) is 0 Å². The van der Waals surface area contributed by atoms with Gasteiger partial charge in [-0.05, 0) is 29.8 Å². The van der Waals surface area contributed by atoms with Crippen LogP contribution >= 0.6 is 0 Å². The smallest absolute Gasteiger partial charge is 0.226 e. The van der Waals surface area contributed by atoms with Gasteiger partial charge in [-0.25, -0.2) is 0 Å².